The molecule has 0 aliphatic carbocycles. The summed E-state index contributed by atoms with van der Waals surface area (Å²) in [6.07, 6.45) is 1.68. The second-order valence-electron chi connectivity index (χ2n) is 3.82. The molecular weight excluding hydrogens is 236 g/mol. The fraction of sp³-hybridized carbons (Fsp3) is 0.636. The number of aromatic nitrogens is 2. The van der Waals surface area contributed by atoms with Crippen molar-refractivity contribution in [2.75, 3.05) is 17.2 Å². The van der Waals surface area contributed by atoms with Gasteiger partial charge in [0.1, 0.15) is 0 Å². The SMILES string of the molecule is CCSCC(C)NC(=O)c1nn(CC)cc1N. The molecule has 0 aromatic carbocycles. The van der Waals surface area contributed by atoms with Crippen LogP contribution in [0.5, 0.6) is 0 Å². The van der Waals surface area contributed by atoms with Crippen molar-refractivity contribution in [3.63, 3.8) is 0 Å². The third-order valence-electron chi connectivity index (χ3n) is 2.28. The average molecular weight is 256 g/mol. The Bertz CT molecular complexity index is 378. The Morgan fingerprint density at radius 1 is 1.65 bits per heavy atom. The molecule has 0 saturated carbocycles. The molecule has 0 aliphatic heterocycles. The summed E-state index contributed by atoms with van der Waals surface area (Å²) in [4.78, 5) is 11.9. The number of rotatable bonds is 6. The van der Waals surface area contributed by atoms with Gasteiger partial charge in [0, 0.05) is 24.5 Å². The minimum Gasteiger partial charge on any atom is -0.396 e. The zero-order chi connectivity index (χ0) is 12.8. The average Bonchev–Trinajstić information content (AvgIpc) is 2.68. The maximum atomic E-state index is 11.9. The van der Waals surface area contributed by atoms with E-state index in [1.807, 2.05) is 13.8 Å². The lowest BCUT2D eigenvalue weighted by Crippen LogP contribution is -2.35. The third-order valence-corrected chi connectivity index (χ3v) is 3.42. The first-order valence-corrected chi connectivity index (χ1v) is 6.95. The summed E-state index contributed by atoms with van der Waals surface area (Å²) in [6.45, 7) is 6.74. The summed E-state index contributed by atoms with van der Waals surface area (Å²) >= 11 is 1.80. The maximum Gasteiger partial charge on any atom is 0.274 e. The molecule has 0 fully saturated rings. The van der Waals surface area contributed by atoms with E-state index in [0.717, 1.165) is 11.5 Å². The lowest BCUT2D eigenvalue weighted by Gasteiger charge is -2.12. The minimum absolute atomic E-state index is 0.124. The van der Waals surface area contributed by atoms with Crippen LogP contribution in [0, 0.1) is 0 Å². The second kappa shape index (κ2) is 6.54. The van der Waals surface area contributed by atoms with E-state index >= 15 is 0 Å². The van der Waals surface area contributed by atoms with Crippen LogP contribution in [0.15, 0.2) is 6.20 Å². The highest BCUT2D eigenvalue weighted by atomic mass is 32.2. The number of hydrogen-bond acceptors (Lipinski definition) is 4. The number of carbonyl (C=O) groups excluding carboxylic acids is 1. The molecule has 5 nitrogen and oxygen atoms in total. The molecule has 1 atom stereocenters. The molecule has 1 aromatic heterocycles. The number of hydrogen-bond donors (Lipinski definition) is 2. The van der Waals surface area contributed by atoms with Gasteiger partial charge < -0.3 is 11.1 Å². The zero-order valence-corrected chi connectivity index (χ0v) is 11.4. The smallest absolute Gasteiger partial charge is 0.274 e. The predicted molar refractivity (Wildman–Crippen MR) is 72.2 cm³/mol. The molecule has 0 aliphatic rings. The van der Waals surface area contributed by atoms with Crippen LogP contribution in [-0.2, 0) is 6.54 Å². The number of thioether (sulfide) groups is 1. The molecule has 1 heterocycles. The standard InChI is InChI=1S/C11H20N4OS/c1-4-15-6-9(12)10(14-15)11(16)13-8(3)7-17-5-2/h6,8H,4-5,7,12H2,1-3H3,(H,13,16). The fourth-order valence-electron chi connectivity index (χ4n) is 1.40. The highest BCUT2D eigenvalue weighted by Crippen LogP contribution is 2.09. The molecular formula is C11H20N4OS. The molecule has 1 unspecified atom stereocenters. The van der Waals surface area contributed by atoms with Crippen molar-refractivity contribution in [1.82, 2.24) is 15.1 Å². The zero-order valence-electron chi connectivity index (χ0n) is 10.6. The second-order valence-corrected chi connectivity index (χ2v) is 5.14. The lowest BCUT2D eigenvalue weighted by molar-refractivity contribution is 0.0939. The first kappa shape index (κ1) is 13.9. The molecule has 1 aromatic rings. The molecule has 1 amide bonds. The van der Waals surface area contributed by atoms with Crippen LogP contribution in [0.4, 0.5) is 5.69 Å². The fourth-order valence-corrected chi connectivity index (χ4v) is 2.08. The van der Waals surface area contributed by atoms with E-state index in [0.29, 0.717) is 17.9 Å². The van der Waals surface area contributed by atoms with Crippen LogP contribution >= 0.6 is 11.8 Å². The van der Waals surface area contributed by atoms with E-state index in [2.05, 4.69) is 17.3 Å². The topological polar surface area (TPSA) is 72.9 Å². The van der Waals surface area contributed by atoms with Gasteiger partial charge in [-0.25, -0.2) is 0 Å². The van der Waals surface area contributed by atoms with E-state index in [1.54, 1.807) is 22.6 Å². The van der Waals surface area contributed by atoms with Gasteiger partial charge in [-0.15, -0.1) is 0 Å². The van der Waals surface area contributed by atoms with Gasteiger partial charge >= 0.3 is 0 Å². The molecule has 0 bridgehead atoms. The quantitative estimate of drug-likeness (QED) is 0.806. The Hall–Kier alpha value is -1.17. The number of nitrogens with two attached hydrogens (primary N) is 1. The number of carbonyl (C=O) groups is 1. The van der Waals surface area contributed by atoms with Crippen LogP contribution < -0.4 is 11.1 Å². The van der Waals surface area contributed by atoms with Crippen molar-refractivity contribution < 1.29 is 4.79 Å². The van der Waals surface area contributed by atoms with Gasteiger partial charge in [-0.1, -0.05) is 6.92 Å². The van der Waals surface area contributed by atoms with Gasteiger partial charge in [0.15, 0.2) is 5.69 Å². The summed E-state index contributed by atoms with van der Waals surface area (Å²) in [7, 11) is 0. The summed E-state index contributed by atoms with van der Waals surface area (Å²) in [6, 6.07) is 0.124. The lowest BCUT2D eigenvalue weighted by atomic mass is 10.3. The van der Waals surface area contributed by atoms with Gasteiger partial charge in [-0.05, 0) is 19.6 Å². The monoisotopic (exact) mass is 256 g/mol. The van der Waals surface area contributed by atoms with E-state index in [-0.39, 0.29) is 11.9 Å². The predicted octanol–water partition coefficient (Wildman–Crippen LogP) is 1.36. The van der Waals surface area contributed by atoms with Gasteiger partial charge in [0.2, 0.25) is 0 Å². The van der Waals surface area contributed by atoms with Crippen LogP contribution in [-0.4, -0.2) is 33.2 Å². The normalized spacial score (nSPS) is 12.4. The number of nitrogens with zero attached hydrogens (tertiary/aromatic N) is 2. The largest absolute Gasteiger partial charge is 0.396 e. The molecule has 0 saturated heterocycles. The Morgan fingerprint density at radius 2 is 2.35 bits per heavy atom. The van der Waals surface area contributed by atoms with Crippen LogP contribution in [0.2, 0.25) is 0 Å². The molecule has 0 radical (unpaired) electrons. The van der Waals surface area contributed by atoms with E-state index < -0.39 is 0 Å². The van der Waals surface area contributed by atoms with Gasteiger partial charge in [0.05, 0.1) is 5.69 Å². The molecule has 1 rings (SSSR count). The molecule has 6 heteroatoms. The molecule has 17 heavy (non-hydrogen) atoms. The van der Waals surface area contributed by atoms with E-state index in [4.69, 9.17) is 5.73 Å². The Morgan fingerprint density at radius 3 is 2.88 bits per heavy atom. The molecule has 3 N–H and O–H groups in total. The number of nitrogen functional groups attached to an aromatic ring is 1. The maximum absolute atomic E-state index is 11.9. The number of anilines is 1. The Labute approximate surface area is 106 Å². The molecule has 0 spiro atoms. The summed E-state index contributed by atoms with van der Waals surface area (Å²) in [5.74, 6) is 1.75. The van der Waals surface area contributed by atoms with Crippen molar-refractivity contribution in [1.29, 1.82) is 0 Å². The number of nitrogens with one attached hydrogen (secondary N) is 1. The summed E-state index contributed by atoms with van der Waals surface area (Å²) in [5, 5.41) is 7.03. The van der Waals surface area contributed by atoms with Crippen LogP contribution in [0.3, 0.4) is 0 Å². The molecule has 96 valence electrons. The van der Waals surface area contributed by atoms with Gasteiger partial charge in [-0.2, -0.15) is 16.9 Å². The van der Waals surface area contributed by atoms with E-state index in [1.165, 1.54) is 0 Å². The van der Waals surface area contributed by atoms with Crippen molar-refractivity contribution in [3.05, 3.63) is 11.9 Å². The number of amides is 1. The first-order valence-electron chi connectivity index (χ1n) is 5.80. The van der Waals surface area contributed by atoms with Crippen molar-refractivity contribution in [3.8, 4) is 0 Å². The van der Waals surface area contributed by atoms with Gasteiger partial charge in [0.25, 0.3) is 5.91 Å². The van der Waals surface area contributed by atoms with Crippen molar-refractivity contribution in [2.45, 2.75) is 33.4 Å². The van der Waals surface area contributed by atoms with Gasteiger partial charge in [-0.3, -0.25) is 9.48 Å². The third kappa shape index (κ3) is 3.96. The Kier molecular flexibility index (Phi) is 5.34. The van der Waals surface area contributed by atoms with E-state index in [9.17, 15) is 4.79 Å². The van der Waals surface area contributed by atoms with Crippen molar-refractivity contribution in [2.24, 2.45) is 0 Å². The summed E-state index contributed by atoms with van der Waals surface area (Å²) in [5.41, 5.74) is 6.49. The van der Waals surface area contributed by atoms with Crippen LogP contribution in [0.1, 0.15) is 31.3 Å². The van der Waals surface area contributed by atoms with Crippen LogP contribution in [0.25, 0.3) is 0 Å². The summed E-state index contributed by atoms with van der Waals surface area (Å²) < 4.78 is 1.66. The highest BCUT2D eigenvalue weighted by Gasteiger charge is 2.16. The van der Waals surface area contributed by atoms with Crippen molar-refractivity contribution >= 4 is 23.4 Å². The highest BCUT2D eigenvalue weighted by molar-refractivity contribution is 7.99. The Balaban J connectivity index is 2.59. The minimum atomic E-state index is -0.195. The first-order chi connectivity index (χ1) is 8.08. The number of aryl methyl sites for hydroxylation is 1.